The maximum absolute atomic E-state index is 15.6. The van der Waals surface area contributed by atoms with Gasteiger partial charge in [0.1, 0.15) is 27.9 Å². The number of benzene rings is 2. The number of aromatic nitrogens is 1. The number of aryl methyl sites for hydroxylation is 1. The SMILES string of the molecule is Cc1cc(N(C(=O)OC(C)(C)C)S(=O)(=O)c2cc(Cl)c(Nc3ccc(F)cc3N3CCC(N(C)C(=O)O)C3)cc2F)no1. The normalized spacial score (nSPS) is 15.3. The topological polar surface area (TPSA) is 146 Å². The molecule has 1 saturated heterocycles. The molecule has 4 rings (SSSR count). The van der Waals surface area contributed by atoms with Crippen molar-refractivity contribution in [2.75, 3.05) is 34.7 Å². The van der Waals surface area contributed by atoms with Crippen LogP contribution in [-0.4, -0.2) is 67.5 Å². The molecule has 1 aliphatic heterocycles. The number of likely N-dealkylation sites (N-methyl/N-ethyl adjacent to an activating group) is 1. The quantitative estimate of drug-likeness (QED) is 0.316. The highest BCUT2D eigenvalue weighted by Crippen LogP contribution is 2.37. The zero-order chi connectivity index (χ0) is 31.9. The van der Waals surface area contributed by atoms with E-state index in [1.165, 1.54) is 63.9 Å². The average Bonchev–Trinajstić information content (AvgIpc) is 3.54. The van der Waals surface area contributed by atoms with Crippen molar-refractivity contribution in [3.05, 3.63) is 58.8 Å². The Morgan fingerprint density at radius 2 is 1.88 bits per heavy atom. The predicted octanol–water partition coefficient (Wildman–Crippen LogP) is 5.98. The molecule has 2 N–H and O–H groups in total. The van der Waals surface area contributed by atoms with Crippen LogP contribution in [0.25, 0.3) is 0 Å². The van der Waals surface area contributed by atoms with Gasteiger partial charge in [-0.05, 0) is 58.4 Å². The summed E-state index contributed by atoms with van der Waals surface area (Å²) < 4.78 is 67.5. The minimum absolute atomic E-state index is 0.0505. The number of carboxylic acid groups (broad SMARTS) is 1. The van der Waals surface area contributed by atoms with Crippen LogP contribution >= 0.6 is 11.6 Å². The third-order valence-electron chi connectivity index (χ3n) is 6.51. The molecule has 0 aliphatic carbocycles. The number of hydrogen-bond donors (Lipinski definition) is 2. The lowest BCUT2D eigenvalue weighted by atomic mass is 10.2. The van der Waals surface area contributed by atoms with Gasteiger partial charge in [0, 0.05) is 32.3 Å². The second-order valence-electron chi connectivity index (χ2n) is 10.9. The van der Waals surface area contributed by atoms with Gasteiger partial charge in [-0.15, -0.1) is 4.31 Å². The van der Waals surface area contributed by atoms with Gasteiger partial charge >= 0.3 is 12.2 Å². The molecule has 12 nitrogen and oxygen atoms in total. The monoisotopic (exact) mass is 641 g/mol. The smallest absolute Gasteiger partial charge is 0.430 e. The Morgan fingerprint density at radius 3 is 2.49 bits per heavy atom. The van der Waals surface area contributed by atoms with Crippen molar-refractivity contribution in [2.24, 2.45) is 0 Å². The first-order valence-corrected chi connectivity index (χ1v) is 14.8. The number of rotatable bonds is 7. The second kappa shape index (κ2) is 11.9. The lowest BCUT2D eigenvalue weighted by molar-refractivity contribution is 0.0607. The van der Waals surface area contributed by atoms with Crippen LogP contribution in [0.1, 0.15) is 33.0 Å². The Morgan fingerprint density at radius 1 is 1.19 bits per heavy atom. The fourth-order valence-corrected chi connectivity index (χ4v) is 6.05. The highest BCUT2D eigenvalue weighted by molar-refractivity contribution is 7.93. The van der Waals surface area contributed by atoms with Gasteiger partial charge in [0.2, 0.25) is 0 Å². The molecule has 1 aromatic heterocycles. The minimum Gasteiger partial charge on any atom is -0.465 e. The van der Waals surface area contributed by atoms with Crippen molar-refractivity contribution in [1.29, 1.82) is 0 Å². The molecule has 43 heavy (non-hydrogen) atoms. The zero-order valence-corrected chi connectivity index (χ0v) is 25.5. The van der Waals surface area contributed by atoms with Crippen LogP contribution in [0.3, 0.4) is 0 Å². The number of hydrogen-bond acceptors (Lipinski definition) is 9. The fourth-order valence-electron chi connectivity index (χ4n) is 4.44. The summed E-state index contributed by atoms with van der Waals surface area (Å²) in [5, 5.41) is 15.6. The lowest BCUT2D eigenvalue weighted by Gasteiger charge is -2.26. The van der Waals surface area contributed by atoms with Crippen LogP contribution in [0.5, 0.6) is 0 Å². The first kappa shape index (κ1) is 31.8. The molecular formula is C27H30ClF2N5O7S. The fraction of sp³-hybridized carbons (Fsp3) is 0.370. The van der Waals surface area contributed by atoms with E-state index in [0.717, 1.165) is 12.1 Å². The van der Waals surface area contributed by atoms with Gasteiger partial charge in [-0.25, -0.2) is 26.8 Å². The van der Waals surface area contributed by atoms with Crippen LogP contribution in [-0.2, 0) is 14.8 Å². The van der Waals surface area contributed by atoms with Gasteiger partial charge in [-0.2, -0.15) is 0 Å². The summed E-state index contributed by atoms with van der Waals surface area (Å²) in [6.45, 7) is 6.75. The van der Waals surface area contributed by atoms with Crippen LogP contribution in [0.2, 0.25) is 5.02 Å². The molecule has 1 aliphatic rings. The summed E-state index contributed by atoms with van der Waals surface area (Å²) in [7, 11) is -3.51. The number of sulfonamides is 1. The van der Waals surface area contributed by atoms with E-state index in [2.05, 4.69) is 10.5 Å². The van der Waals surface area contributed by atoms with Crippen molar-refractivity contribution in [3.8, 4) is 0 Å². The standard InChI is InChI=1S/C27H30ClF2N5O7S/c1-15-10-24(32-42-15)35(26(38)41-27(2,3)4)43(39,40)23-12-18(28)21(13-19(23)30)31-20-7-6-16(29)11-22(20)34-9-8-17(14-34)33(5)25(36)37/h6-7,10-13,17,31H,8-9,14H2,1-5H3,(H,36,37). The molecule has 3 aromatic rings. The highest BCUT2D eigenvalue weighted by Gasteiger charge is 2.39. The number of carbonyl (C=O) groups excluding carboxylic acids is 1. The molecule has 1 atom stereocenters. The Balaban J connectivity index is 1.68. The molecule has 0 saturated carbocycles. The first-order chi connectivity index (χ1) is 20.0. The van der Waals surface area contributed by atoms with E-state index in [1.54, 1.807) is 4.90 Å². The Bertz CT molecular complexity index is 1660. The van der Waals surface area contributed by atoms with Crippen molar-refractivity contribution in [2.45, 2.75) is 50.7 Å². The van der Waals surface area contributed by atoms with E-state index in [4.69, 9.17) is 20.9 Å². The Hall–Kier alpha value is -4.11. The molecule has 0 bridgehead atoms. The highest BCUT2D eigenvalue weighted by atomic mass is 35.5. The minimum atomic E-state index is -4.96. The number of halogens is 3. The third-order valence-corrected chi connectivity index (χ3v) is 8.50. The summed E-state index contributed by atoms with van der Waals surface area (Å²) in [6.07, 6.45) is -1.93. The van der Waals surface area contributed by atoms with Crippen molar-refractivity contribution < 1.29 is 41.2 Å². The number of nitrogens with zero attached hydrogens (tertiary/aromatic N) is 4. The third kappa shape index (κ3) is 6.94. The number of ether oxygens (including phenoxy) is 1. The van der Waals surface area contributed by atoms with E-state index in [1.807, 2.05) is 0 Å². The van der Waals surface area contributed by atoms with E-state index in [-0.39, 0.29) is 33.4 Å². The summed E-state index contributed by atoms with van der Waals surface area (Å²) in [4.78, 5) is 26.4. The maximum Gasteiger partial charge on any atom is 0.430 e. The zero-order valence-electron chi connectivity index (χ0n) is 23.9. The summed E-state index contributed by atoms with van der Waals surface area (Å²) in [5.41, 5.74) is -0.471. The number of amides is 2. The van der Waals surface area contributed by atoms with E-state index < -0.39 is 50.2 Å². The molecule has 232 valence electrons. The van der Waals surface area contributed by atoms with Crippen LogP contribution in [0.15, 0.2) is 45.8 Å². The molecule has 2 aromatic carbocycles. The van der Waals surface area contributed by atoms with Gasteiger partial charge < -0.3 is 29.5 Å². The average molecular weight is 642 g/mol. The van der Waals surface area contributed by atoms with Crippen molar-refractivity contribution in [3.63, 3.8) is 0 Å². The van der Waals surface area contributed by atoms with Gasteiger partial charge in [0.05, 0.1) is 28.1 Å². The van der Waals surface area contributed by atoms with Gasteiger partial charge in [0.25, 0.3) is 10.0 Å². The molecular weight excluding hydrogens is 612 g/mol. The van der Waals surface area contributed by atoms with E-state index in [0.29, 0.717) is 24.3 Å². The Kier molecular flexibility index (Phi) is 8.79. The molecule has 0 radical (unpaired) electrons. The second-order valence-corrected chi connectivity index (χ2v) is 13.0. The molecule has 1 unspecified atom stereocenters. The maximum atomic E-state index is 15.6. The molecule has 2 heterocycles. The van der Waals surface area contributed by atoms with Gasteiger partial charge in [-0.3, -0.25) is 0 Å². The van der Waals surface area contributed by atoms with E-state index >= 15 is 4.39 Å². The summed E-state index contributed by atoms with van der Waals surface area (Å²) >= 11 is 6.42. The Labute approximate surface area is 251 Å². The van der Waals surface area contributed by atoms with Crippen molar-refractivity contribution >= 4 is 56.7 Å². The number of anilines is 4. The number of carbonyl (C=O) groups is 2. The molecule has 0 spiro atoms. The van der Waals surface area contributed by atoms with E-state index in [9.17, 15) is 27.5 Å². The molecule has 1 fully saturated rings. The van der Waals surface area contributed by atoms with Gasteiger partial charge in [0.15, 0.2) is 5.82 Å². The van der Waals surface area contributed by atoms with Gasteiger partial charge in [-0.1, -0.05) is 16.8 Å². The molecule has 2 amide bonds. The van der Waals surface area contributed by atoms with Crippen LogP contribution in [0, 0.1) is 18.6 Å². The largest absolute Gasteiger partial charge is 0.465 e. The van der Waals surface area contributed by atoms with Crippen molar-refractivity contribution in [1.82, 2.24) is 10.1 Å². The summed E-state index contributed by atoms with van der Waals surface area (Å²) in [6, 6.07) is 6.31. The molecule has 16 heteroatoms. The van der Waals surface area contributed by atoms with Crippen LogP contribution < -0.4 is 14.5 Å². The first-order valence-electron chi connectivity index (χ1n) is 13.0. The predicted molar refractivity (Wildman–Crippen MR) is 155 cm³/mol. The van der Waals surface area contributed by atoms with Crippen LogP contribution in [0.4, 0.5) is 41.2 Å². The lowest BCUT2D eigenvalue weighted by Crippen LogP contribution is -2.41. The summed E-state index contributed by atoms with van der Waals surface area (Å²) in [5.74, 6) is -2.07. The number of nitrogens with one attached hydrogen (secondary N) is 1.